The highest BCUT2D eigenvalue weighted by Crippen LogP contribution is 2.29. The van der Waals surface area contributed by atoms with Crippen molar-refractivity contribution in [3.05, 3.63) is 23.2 Å². The molecule has 18 heavy (non-hydrogen) atoms. The first kappa shape index (κ1) is 13.6. The number of aryl methyl sites for hydroxylation is 1. The average Bonchev–Trinajstić information content (AvgIpc) is 2.71. The molecule has 1 aliphatic carbocycles. The van der Waals surface area contributed by atoms with E-state index >= 15 is 0 Å². The first-order chi connectivity index (χ1) is 8.69. The van der Waals surface area contributed by atoms with E-state index < -0.39 is 0 Å². The van der Waals surface area contributed by atoms with Crippen molar-refractivity contribution in [1.82, 2.24) is 0 Å². The average molecular weight is 251 g/mol. The van der Waals surface area contributed by atoms with E-state index in [1.807, 2.05) is 13.0 Å². The molecule has 0 spiro atoms. The minimum absolute atomic E-state index is 0.459. The summed E-state index contributed by atoms with van der Waals surface area (Å²) in [6.45, 7) is 6.31. The third-order valence-corrected chi connectivity index (χ3v) is 3.93. The molecule has 1 fully saturated rings. The van der Waals surface area contributed by atoms with Gasteiger partial charge in [-0.05, 0) is 37.7 Å². The van der Waals surface area contributed by atoms with Gasteiger partial charge in [-0.1, -0.05) is 19.8 Å². The highest BCUT2D eigenvalue weighted by molar-refractivity contribution is 5.19. The highest BCUT2D eigenvalue weighted by atomic mass is 16.5. The molecule has 0 amide bonds. The largest absolute Gasteiger partial charge is 0.465 e. The Morgan fingerprint density at radius 1 is 1.44 bits per heavy atom. The molecule has 1 aromatic heterocycles. The Balaban J connectivity index is 1.75. The van der Waals surface area contributed by atoms with Crippen molar-refractivity contribution in [2.75, 3.05) is 6.61 Å². The maximum absolute atomic E-state index is 5.85. The summed E-state index contributed by atoms with van der Waals surface area (Å²) in [4.78, 5) is 0. The summed E-state index contributed by atoms with van der Waals surface area (Å²) >= 11 is 0. The Morgan fingerprint density at radius 2 is 2.28 bits per heavy atom. The van der Waals surface area contributed by atoms with Crippen LogP contribution in [-0.4, -0.2) is 6.61 Å². The predicted molar refractivity (Wildman–Crippen MR) is 72.1 cm³/mol. The van der Waals surface area contributed by atoms with Gasteiger partial charge in [-0.25, -0.2) is 0 Å². The second-order valence-electron chi connectivity index (χ2n) is 5.65. The Bertz CT molecular complexity index is 373. The zero-order valence-corrected chi connectivity index (χ0v) is 11.6. The lowest BCUT2D eigenvalue weighted by atomic mass is 9.83. The summed E-state index contributed by atoms with van der Waals surface area (Å²) in [6, 6.07) is 2.01. The third-order valence-electron chi connectivity index (χ3n) is 3.93. The van der Waals surface area contributed by atoms with Gasteiger partial charge >= 0.3 is 0 Å². The number of hydrogen-bond donors (Lipinski definition) is 1. The van der Waals surface area contributed by atoms with Gasteiger partial charge < -0.3 is 14.9 Å². The van der Waals surface area contributed by atoms with Crippen molar-refractivity contribution in [1.29, 1.82) is 0 Å². The van der Waals surface area contributed by atoms with Crippen molar-refractivity contribution in [2.45, 2.75) is 52.7 Å². The number of ether oxygens (including phenoxy) is 1. The van der Waals surface area contributed by atoms with Crippen molar-refractivity contribution in [3.63, 3.8) is 0 Å². The van der Waals surface area contributed by atoms with E-state index in [0.29, 0.717) is 13.2 Å². The first-order valence-electron chi connectivity index (χ1n) is 7.05. The third kappa shape index (κ3) is 3.59. The van der Waals surface area contributed by atoms with Crippen LogP contribution in [0.5, 0.6) is 0 Å². The van der Waals surface area contributed by atoms with Crippen LogP contribution in [0.1, 0.15) is 49.7 Å². The highest BCUT2D eigenvalue weighted by Gasteiger charge is 2.19. The van der Waals surface area contributed by atoms with Gasteiger partial charge in [0.15, 0.2) is 0 Å². The molecule has 1 aromatic rings. The lowest BCUT2D eigenvalue weighted by Crippen LogP contribution is -2.18. The van der Waals surface area contributed by atoms with Crippen LogP contribution in [0.2, 0.25) is 0 Å². The maximum Gasteiger partial charge on any atom is 0.118 e. The Morgan fingerprint density at radius 3 is 2.94 bits per heavy atom. The van der Waals surface area contributed by atoms with E-state index in [9.17, 15) is 0 Å². The van der Waals surface area contributed by atoms with Gasteiger partial charge in [-0.15, -0.1) is 0 Å². The van der Waals surface area contributed by atoms with Crippen molar-refractivity contribution < 1.29 is 9.15 Å². The molecule has 0 saturated heterocycles. The van der Waals surface area contributed by atoms with Crippen molar-refractivity contribution in [3.8, 4) is 0 Å². The summed E-state index contributed by atoms with van der Waals surface area (Å²) in [5, 5.41) is 0. The van der Waals surface area contributed by atoms with E-state index in [1.165, 1.54) is 25.7 Å². The van der Waals surface area contributed by atoms with Crippen molar-refractivity contribution in [2.24, 2.45) is 17.6 Å². The van der Waals surface area contributed by atoms with Crippen LogP contribution in [0.3, 0.4) is 0 Å². The normalized spacial score (nSPS) is 24.4. The summed E-state index contributed by atoms with van der Waals surface area (Å²) < 4.78 is 11.4. The molecular weight excluding hydrogens is 226 g/mol. The fourth-order valence-corrected chi connectivity index (χ4v) is 2.88. The van der Waals surface area contributed by atoms with E-state index in [-0.39, 0.29) is 0 Å². The number of nitrogens with two attached hydrogens (primary N) is 1. The number of hydrogen-bond acceptors (Lipinski definition) is 3. The predicted octanol–water partition coefficient (Wildman–Crippen LogP) is 3.39. The first-order valence-corrected chi connectivity index (χ1v) is 7.05. The molecule has 1 aliphatic rings. The zero-order chi connectivity index (χ0) is 13.0. The van der Waals surface area contributed by atoms with Crippen LogP contribution >= 0.6 is 0 Å². The maximum atomic E-state index is 5.85. The molecule has 2 atom stereocenters. The lowest BCUT2D eigenvalue weighted by molar-refractivity contribution is 0.0652. The number of furan rings is 1. The SMILES string of the molecule is Cc1oc(CN)cc1COCC1CCCC(C)C1. The second kappa shape index (κ2) is 6.39. The summed E-state index contributed by atoms with van der Waals surface area (Å²) in [6.07, 6.45) is 5.38. The van der Waals surface area contributed by atoms with E-state index in [0.717, 1.165) is 35.5 Å². The summed E-state index contributed by atoms with van der Waals surface area (Å²) in [5.41, 5.74) is 6.70. The molecule has 1 saturated carbocycles. The summed E-state index contributed by atoms with van der Waals surface area (Å²) in [5.74, 6) is 3.40. The standard InChI is InChI=1S/C15H25NO2/c1-11-4-3-5-13(6-11)9-17-10-14-7-15(8-16)18-12(14)2/h7,11,13H,3-6,8-10,16H2,1-2H3. The number of rotatable bonds is 5. The van der Waals surface area contributed by atoms with Gasteiger partial charge in [-0.3, -0.25) is 0 Å². The van der Waals surface area contributed by atoms with Crippen molar-refractivity contribution >= 4 is 0 Å². The fraction of sp³-hybridized carbons (Fsp3) is 0.733. The molecule has 3 nitrogen and oxygen atoms in total. The van der Waals surface area contributed by atoms with Crippen LogP contribution < -0.4 is 5.73 Å². The molecule has 0 aliphatic heterocycles. The second-order valence-corrected chi connectivity index (χ2v) is 5.65. The summed E-state index contributed by atoms with van der Waals surface area (Å²) in [7, 11) is 0. The molecule has 2 rings (SSSR count). The van der Waals surface area contributed by atoms with Crippen LogP contribution in [0.4, 0.5) is 0 Å². The molecule has 102 valence electrons. The molecule has 0 bridgehead atoms. The Labute approximate surface area is 110 Å². The molecule has 1 heterocycles. The smallest absolute Gasteiger partial charge is 0.118 e. The molecule has 2 N–H and O–H groups in total. The van der Waals surface area contributed by atoms with Gasteiger partial charge in [0, 0.05) is 12.2 Å². The molecule has 2 unspecified atom stereocenters. The molecule has 0 aromatic carbocycles. The van der Waals surface area contributed by atoms with Gasteiger partial charge in [0.25, 0.3) is 0 Å². The van der Waals surface area contributed by atoms with Crippen LogP contribution in [0, 0.1) is 18.8 Å². The molecular formula is C15H25NO2. The minimum Gasteiger partial charge on any atom is -0.465 e. The van der Waals surface area contributed by atoms with Gasteiger partial charge in [-0.2, -0.15) is 0 Å². The van der Waals surface area contributed by atoms with Crippen LogP contribution in [0.25, 0.3) is 0 Å². The van der Waals surface area contributed by atoms with Crippen LogP contribution in [0.15, 0.2) is 10.5 Å². The van der Waals surface area contributed by atoms with Gasteiger partial charge in [0.2, 0.25) is 0 Å². The fourth-order valence-electron chi connectivity index (χ4n) is 2.88. The quantitative estimate of drug-likeness (QED) is 0.872. The molecule has 3 heteroatoms. The van der Waals surface area contributed by atoms with E-state index in [4.69, 9.17) is 14.9 Å². The van der Waals surface area contributed by atoms with Gasteiger partial charge in [0.1, 0.15) is 11.5 Å². The van der Waals surface area contributed by atoms with E-state index in [2.05, 4.69) is 6.92 Å². The molecule has 0 radical (unpaired) electrons. The van der Waals surface area contributed by atoms with Crippen LogP contribution in [-0.2, 0) is 17.9 Å². The topological polar surface area (TPSA) is 48.4 Å². The monoisotopic (exact) mass is 251 g/mol. The van der Waals surface area contributed by atoms with Gasteiger partial charge in [0.05, 0.1) is 13.2 Å². The Hall–Kier alpha value is -0.800. The lowest BCUT2D eigenvalue weighted by Gasteiger charge is -2.26. The zero-order valence-electron chi connectivity index (χ0n) is 11.6. The Kier molecular flexibility index (Phi) is 4.84. The van der Waals surface area contributed by atoms with E-state index in [1.54, 1.807) is 0 Å². The minimum atomic E-state index is 0.459.